The Bertz CT molecular complexity index is 808. The van der Waals surface area contributed by atoms with E-state index in [4.69, 9.17) is 4.74 Å². The van der Waals surface area contributed by atoms with Crippen LogP contribution in [0.4, 0.5) is 10.5 Å². The summed E-state index contributed by atoms with van der Waals surface area (Å²) in [5.74, 6) is 0.340. The molecule has 26 heavy (non-hydrogen) atoms. The lowest BCUT2D eigenvalue weighted by Gasteiger charge is -2.20. The van der Waals surface area contributed by atoms with Crippen LogP contribution in [0.25, 0.3) is 0 Å². The summed E-state index contributed by atoms with van der Waals surface area (Å²) in [4.78, 5) is 27.7. The maximum atomic E-state index is 12.6. The minimum Gasteiger partial charge on any atom is -0.495 e. The van der Waals surface area contributed by atoms with Crippen molar-refractivity contribution in [1.82, 2.24) is 9.80 Å². The van der Waals surface area contributed by atoms with Gasteiger partial charge in [0.05, 0.1) is 12.8 Å². The molecule has 2 aromatic carbocycles. The van der Waals surface area contributed by atoms with Crippen molar-refractivity contribution >= 4 is 33.6 Å². The van der Waals surface area contributed by atoms with E-state index in [2.05, 4.69) is 21.2 Å². The predicted octanol–water partition coefficient (Wildman–Crippen LogP) is 3.82. The first-order valence-electron chi connectivity index (χ1n) is 7.98. The van der Waals surface area contributed by atoms with Gasteiger partial charge in [-0.1, -0.05) is 34.1 Å². The van der Waals surface area contributed by atoms with Crippen LogP contribution in [0.15, 0.2) is 46.9 Å². The first kappa shape index (κ1) is 19.8. The zero-order chi connectivity index (χ0) is 19.3. The number of methoxy groups -OCH3 is 1. The summed E-state index contributed by atoms with van der Waals surface area (Å²) >= 11 is 3.48. The molecule has 0 heterocycles. The highest BCUT2D eigenvalue weighted by Crippen LogP contribution is 2.26. The zero-order valence-electron chi connectivity index (χ0n) is 15.2. The number of carbonyl (C=O) groups excluding carboxylic acids is 2. The summed E-state index contributed by atoms with van der Waals surface area (Å²) in [5.41, 5.74) is 1.91. The van der Waals surface area contributed by atoms with Gasteiger partial charge in [-0.25, -0.2) is 4.79 Å². The molecule has 0 unspecified atom stereocenters. The Morgan fingerprint density at radius 2 is 1.81 bits per heavy atom. The number of hydrogen-bond donors (Lipinski definition) is 1. The quantitative estimate of drug-likeness (QED) is 0.800. The molecular formula is C19H22BrN3O3. The van der Waals surface area contributed by atoms with Crippen LogP contribution >= 0.6 is 15.9 Å². The molecule has 0 saturated heterocycles. The monoisotopic (exact) mass is 419 g/mol. The van der Waals surface area contributed by atoms with Crippen molar-refractivity contribution in [2.75, 3.05) is 33.6 Å². The van der Waals surface area contributed by atoms with Crippen molar-refractivity contribution in [2.24, 2.45) is 0 Å². The van der Waals surface area contributed by atoms with E-state index in [-0.39, 0.29) is 11.9 Å². The highest BCUT2D eigenvalue weighted by Gasteiger charge is 2.16. The topological polar surface area (TPSA) is 61.9 Å². The van der Waals surface area contributed by atoms with Gasteiger partial charge in [-0.05, 0) is 29.8 Å². The second-order valence-corrected chi connectivity index (χ2v) is 6.85. The van der Waals surface area contributed by atoms with E-state index >= 15 is 0 Å². The van der Waals surface area contributed by atoms with Gasteiger partial charge >= 0.3 is 6.03 Å². The highest BCUT2D eigenvalue weighted by atomic mass is 79.9. The Morgan fingerprint density at radius 3 is 2.42 bits per heavy atom. The number of carbonyl (C=O) groups is 2. The first-order chi connectivity index (χ1) is 12.3. The van der Waals surface area contributed by atoms with E-state index in [1.807, 2.05) is 24.3 Å². The van der Waals surface area contributed by atoms with Gasteiger partial charge in [-0.3, -0.25) is 4.79 Å². The highest BCUT2D eigenvalue weighted by molar-refractivity contribution is 9.10. The third-order valence-corrected chi connectivity index (χ3v) is 4.58. The molecule has 7 heteroatoms. The molecular weight excluding hydrogens is 398 g/mol. The number of nitrogens with zero attached hydrogens (tertiary/aromatic N) is 2. The number of halogens is 1. The number of ether oxygens (including phenoxy) is 1. The fourth-order valence-electron chi connectivity index (χ4n) is 2.36. The van der Waals surface area contributed by atoms with Crippen molar-refractivity contribution in [1.29, 1.82) is 0 Å². The van der Waals surface area contributed by atoms with Crippen LogP contribution in [-0.4, -0.2) is 50.0 Å². The fourth-order valence-corrected chi connectivity index (χ4v) is 2.77. The Balaban J connectivity index is 2.17. The summed E-state index contributed by atoms with van der Waals surface area (Å²) in [5, 5.41) is 2.81. The molecule has 2 rings (SSSR count). The van der Waals surface area contributed by atoms with Crippen LogP contribution in [0.2, 0.25) is 0 Å². The molecule has 0 aliphatic rings. The summed E-state index contributed by atoms with van der Waals surface area (Å²) in [6, 6.07) is 12.4. The average Bonchev–Trinajstić information content (AvgIpc) is 2.62. The number of benzene rings is 2. The van der Waals surface area contributed by atoms with Crippen molar-refractivity contribution in [3.63, 3.8) is 0 Å². The largest absolute Gasteiger partial charge is 0.495 e. The minimum atomic E-state index is -0.298. The molecule has 2 aromatic rings. The van der Waals surface area contributed by atoms with E-state index in [1.165, 1.54) is 12.0 Å². The predicted molar refractivity (Wildman–Crippen MR) is 106 cm³/mol. The molecule has 0 atom stereocenters. The molecule has 0 bridgehead atoms. The smallest absolute Gasteiger partial charge is 0.321 e. The molecule has 0 aliphatic carbocycles. The number of urea groups is 1. The molecule has 3 amide bonds. The minimum absolute atomic E-state index is 0.148. The molecule has 138 valence electrons. The van der Waals surface area contributed by atoms with E-state index in [9.17, 15) is 9.59 Å². The molecule has 0 aliphatic heterocycles. The number of amides is 3. The van der Waals surface area contributed by atoms with Gasteiger partial charge in [-0.2, -0.15) is 0 Å². The second-order valence-electron chi connectivity index (χ2n) is 5.99. The Kier molecular flexibility index (Phi) is 6.63. The van der Waals surface area contributed by atoms with Crippen LogP contribution in [0, 0.1) is 0 Å². The standard InChI is InChI=1S/C19H22BrN3O3/c1-22(2)18(24)13-9-10-17(26-4)16(11-13)21-19(25)23(3)12-14-7-5-6-8-15(14)20/h5-11H,12H2,1-4H3,(H,21,25). The van der Waals surface area contributed by atoms with Gasteiger partial charge in [-0.15, -0.1) is 0 Å². The Hall–Kier alpha value is -2.54. The maximum absolute atomic E-state index is 12.6. The lowest BCUT2D eigenvalue weighted by atomic mass is 10.1. The third kappa shape index (κ3) is 4.76. The molecule has 0 aromatic heterocycles. The van der Waals surface area contributed by atoms with Crippen LogP contribution in [0.5, 0.6) is 5.75 Å². The molecule has 6 nitrogen and oxygen atoms in total. The molecule has 0 saturated carbocycles. The molecule has 1 N–H and O–H groups in total. The van der Waals surface area contributed by atoms with Crippen molar-refractivity contribution < 1.29 is 14.3 Å². The summed E-state index contributed by atoms with van der Waals surface area (Å²) in [6.45, 7) is 0.436. The van der Waals surface area contributed by atoms with Gasteiger partial charge < -0.3 is 19.9 Å². The van der Waals surface area contributed by atoms with E-state index in [0.29, 0.717) is 23.5 Å². The molecule has 0 fully saturated rings. The van der Waals surface area contributed by atoms with Crippen LogP contribution in [0.3, 0.4) is 0 Å². The third-order valence-electron chi connectivity index (χ3n) is 3.81. The van der Waals surface area contributed by atoms with Gasteiger partial charge in [0.2, 0.25) is 0 Å². The van der Waals surface area contributed by atoms with Crippen molar-refractivity contribution in [3.8, 4) is 5.75 Å². The van der Waals surface area contributed by atoms with E-state index < -0.39 is 0 Å². The lowest BCUT2D eigenvalue weighted by Crippen LogP contribution is -2.31. The summed E-state index contributed by atoms with van der Waals surface area (Å²) in [7, 11) is 6.58. The lowest BCUT2D eigenvalue weighted by molar-refractivity contribution is 0.0827. The van der Waals surface area contributed by atoms with Crippen LogP contribution in [-0.2, 0) is 6.54 Å². The normalized spacial score (nSPS) is 10.2. The molecule has 0 radical (unpaired) electrons. The van der Waals surface area contributed by atoms with Gasteiger partial charge in [0, 0.05) is 37.7 Å². The van der Waals surface area contributed by atoms with Crippen molar-refractivity contribution in [3.05, 3.63) is 58.1 Å². The van der Waals surface area contributed by atoms with Gasteiger partial charge in [0.25, 0.3) is 5.91 Å². The maximum Gasteiger partial charge on any atom is 0.321 e. The van der Waals surface area contributed by atoms with Gasteiger partial charge in [0.15, 0.2) is 0 Å². The Morgan fingerprint density at radius 1 is 1.12 bits per heavy atom. The van der Waals surface area contributed by atoms with Crippen molar-refractivity contribution in [2.45, 2.75) is 6.54 Å². The summed E-state index contributed by atoms with van der Waals surface area (Å²) < 4.78 is 6.23. The van der Waals surface area contributed by atoms with E-state index in [1.54, 1.807) is 44.2 Å². The zero-order valence-corrected chi connectivity index (χ0v) is 16.8. The number of anilines is 1. The number of hydrogen-bond acceptors (Lipinski definition) is 3. The summed E-state index contributed by atoms with van der Waals surface area (Å²) in [6.07, 6.45) is 0. The fraction of sp³-hybridized carbons (Fsp3) is 0.263. The second kappa shape index (κ2) is 8.71. The number of nitrogens with one attached hydrogen (secondary N) is 1. The van der Waals surface area contributed by atoms with Crippen LogP contribution in [0.1, 0.15) is 15.9 Å². The SMILES string of the molecule is COc1ccc(C(=O)N(C)C)cc1NC(=O)N(C)Cc1ccccc1Br. The number of rotatable bonds is 5. The average molecular weight is 420 g/mol. The van der Waals surface area contributed by atoms with Crippen LogP contribution < -0.4 is 10.1 Å². The first-order valence-corrected chi connectivity index (χ1v) is 8.78. The van der Waals surface area contributed by atoms with Gasteiger partial charge in [0.1, 0.15) is 5.75 Å². The van der Waals surface area contributed by atoms with E-state index in [0.717, 1.165) is 10.0 Å². The Labute approximate surface area is 161 Å². The molecule has 0 spiro atoms.